The predicted molar refractivity (Wildman–Crippen MR) is 80.2 cm³/mol. The van der Waals surface area contributed by atoms with Crippen molar-refractivity contribution >= 4 is 12.3 Å². The number of aliphatic imine (C=N–C) groups is 1. The summed E-state index contributed by atoms with van der Waals surface area (Å²) < 4.78 is 0. The molecule has 0 radical (unpaired) electrons. The number of allylic oxidation sites excluding steroid dienone is 1. The van der Waals surface area contributed by atoms with Crippen LogP contribution in [0.3, 0.4) is 0 Å². The Morgan fingerprint density at radius 2 is 1.58 bits per heavy atom. The van der Waals surface area contributed by atoms with Crippen LogP contribution in [0.5, 0.6) is 0 Å². The van der Waals surface area contributed by atoms with Crippen LogP contribution >= 0.6 is 0 Å². The Morgan fingerprint density at radius 1 is 0.947 bits per heavy atom. The summed E-state index contributed by atoms with van der Waals surface area (Å²) in [5, 5.41) is 9.36. The van der Waals surface area contributed by atoms with Crippen LogP contribution in [0, 0.1) is 0 Å². The summed E-state index contributed by atoms with van der Waals surface area (Å²) in [6.45, 7) is 0.0136. The van der Waals surface area contributed by atoms with E-state index in [1.807, 2.05) is 72.8 Å². The van der Waals surface area contributed by atoms with Crippen LogP contribution in [0.2, 0.25) is 0 Å². The van der Waals surface area contributed by atoms with E-state index < -0.39 is 0 Å². The predicted octanol–water partition coefficient (Wildman–Crippen LogP) is 3.50. The Balaban J connectivity index is 1.99. The number of nitrogens with zero attached hydrogens (tertiary/aromatic N) is 1. The maximum Gasteiger partial charge on any atom is 0.0979 e. The van der Waals surface area contributed by atoms with E-state index in [0.717, 1.165) is 11.1 Å². The lowest BCUT2D eigenvalue weighted by Gasteiger charge is -2.08. The zero-order valence-corrected chi connectivity index (χ0v) is 10.7. The van der Waals surface area contributed by atoms with Crippen LogP contribution in [0.15, 0.2) is 71.7 Å². The van der Waals surface area contributed by atoms with Gasteiger partial charge in [0.25, 0.3) is 0 Å². The molecule has 0 aliphatic heterocycles. The first-order valence-corrected chi connectivity index (χ1v) is 6.31. The number of rotatable bonds is 5. The van der Waals surface area contributed by atoms with Gasteiger partial charge in [-0.05, 0) is 17.2 Å². The van der Waals surface area contributed by atoms with Crippen LogP contribution in [0.25, 0.3) is 6.08 Å². The van der Waals surface area contributed by atoms with E-state index in [9.17, 15) is 5.11 Å². The summed E-state index contributed by atoms with van der Waals surface area (Å²) in [5.41, 5.74) is 2.16. The highest BCUT2D eigenvalue weighted by molar-refractivity contribution is 5.78. The van der Waals surface area contributed by atoms with E-state index in [-0.39, 0.29) is 12.6 Å². The molecule has 0 amide bonds. The summed E-state index contributed by atoms with van der Waals surface area (Å²) in [5.74, 6) is 0. The lowest BCUT2D eigenvalue weighted by atomic mass is 10.1. The third-order valence-corrected chi connectivity index (χ3v) is 2.80. The smallest absolute Gasteiger partial charge is 0.0979 e. The second-order valence-corrected chi connectivity index (χ2v) is 4.18. The highest BCUT2D eigenvalue weighted by Gasteiger charge is 2.05. The van der Waals surface area contributed by atoms with Gasteiger partial charge >= 0.3 is 0 Å². The molecule has 2 aromatic rings. The van der Waals surface area contributed by atoms with Crippen molar-refractivity contribution in [2.45, 2.75) is 6.04 Å². The van der Waals surface area contributed by atoms with Crippen molar-refractivity contribution in [3.8, 4) is 0 Å². The molecular formula is C17H17NO. The summed E-state index contributed by atoms with van der Waals surface area (Å²) >= 11 is 0. The average Bonchev–Trinajstić information content (AvgIpc) is 2.49. The fourth-order valence-electron chi connectivity index (χ4n) is 1.79. The van der Waals surface area contributed by atoms with Gasteiger partial charge in [-0.1, -0.05) is 66.7 Å². The average molecular weight is 251 g/mol. The van der Waals surface area contributed by atoms with E-state index in [0.29, 0.717) is 0 Å². The molecule has 19 heavy (non-hydrogen) atoms. The first-order chi connectivity index (χ1) is 9.40. The van der Waals surface area contributed by atoms with Gasteiger partial charge in [-0.25, -0.2) is 0 Å². The van der Waals surface area contributed by atoms with E-state index in [4.69, 9.17) is 0 Å². The van der Waals surface area contributed by atoms with Crippen molar-refractivity contribution in [3.05, 3.63) is 77.9 Å². The molecule has 0 saturated heterocycles. The molecule has 0 spiro atoms. The van der Waals surface area contributed by atoms with Gasteiger partial charge < -0.3 is 5.11 Å². The standard InChI is InChI=1S/C17H17NO/c19-14-17(16-11-5-2-6-12-16)18-13-7-10-15-8-3-1-4-9-15/h1-13,17,19H,14H2/b10-7+,18-13?/t17-/m1/s1. The highest BCUT2D eigenvalue weighted by atomic mass is 16.3. The molecule has 0 heterocycles. The summed E-state index contributed by atoms with van der Waals surface area (Å²) in [4.78, 5) is 4.37. The van der Waals surface area contributed by atoms with Crippen LogP contribution in [-0.2, 0) is 0 Å². The molecule has 0 fully saturated rings. The number of benzene rings is 2. The molecule has 2 rings (SSSR count). The van der Waals surface area contributed by atoms with Gasteiger partial charge in [0.05, 0.1) is 12.6 Å². The quantitative estimate of drug-likeness (QED) is 0.810. The monoisotopic (exact) mass is 251 g/mol. The number of hydrogen-bond donors (Lipinski definition) is 1. The van der Waals surface area contributed by atoms with Crippen LogP contribution in [0.1, 0.15) is 17.2 Å². The van der Waals surface area contributed by atoms with E-state index in [2.05, 4.69) is 4.99 Å². The third-order valence-electron chi connectivity index (χ3n) is 2.80. The Bertz CT molecular complexity index is 532. The van der Waals surface area contributed by atoms with Gasteiger partial charge in [-0.3, -0.25) is 4.99 Å². The second-order valence-electron chi connectivity index (χ2n) is 4.18. The normalized spacial score (nSPS) is 13.1. The Labute approximate surface area is 113 Å². The van der Waals surface area contributed by atoms with Gasteiger partial charge in [0.1, 0.15) is 0 Å². The lowest BCUT2D eigenvalue weighted by molar-refractivity contribution is 0.269. The van der Waals surface area contributed by atoms with Gasteiger partial charge in [-0.15, -0.1) is 0 Å². The SMILES string of the molecule is OC[C@@H](N=C/C=C/c1ccccc1)c1ccccc1. The largest absolute Gasteiger partial charge is 0.394 e. The van der Waals surface area contributed by atoms with E-state index in [1.54, 1.807) is 6.21 Å². The molecule has 0 saturated carbocycles. The highest BCUT2D eigenvalue weighted by Crippen LogP contribution is 2.15. The Kier molecular flexibility index (Phi) is 5.08. The van der Waals surface area contributed by atoms with Crippen molar-refractivity contribution in [3.63, 3.8) is 0 Å². The van der Waals surface area contributed by atoms with Gasteiger partial charge in [-0.2, -0.15) is 0 Å². The first kappa shape index (κ1) is 13.2. The maximum absolute atomic E-state index is 9.36. The number of hydrogen-bond acceptors (Lipinski definition) is 2. The van der Waals surface area contributed by atoms with Crippen molar-refractivity contribution < 1.29 is 5.11 Å². The molecule has 0 aliphatic carbocycles. The van der Waals surface area contributed by atoms with Crippen molar-refractivity contribution in [1.29, 1.82) is 0 Å². The molecular weight excluding hydrogens is 234 g/mol. The molecule has 1 atom stereocenters. The zero-order chi connectivity index (χ0) is 13.3. The summed E-state index contributed by atoms with van der Waals surface area (Å²) in [6, 6.07) is 19.7. The second kappa shape index (κ2) is 7.29. The lowest BCUT2D eigenvalue weighted by Crippen LogP contribution is -2.00. The molecule has 1 N–H and O–H groups in total. The summed E-state index contributed by atoms with van der Waals surface area (Å²) in [6.07, 6.45) is 5.62. The Hall–Kier alpha value is -2.19. The molecule has 0 aromatic heterocycles. The molecule has 96 valence electrons. The molecule has 2 aromatic carbocycles. The first-order valence-electron chi connectivity index (χ1n) is 6.31. The minimum Gasteiger partial charge on any atom is -0.394 e. The molecule has 2 heteroatoms. The summed E-state index contributed by atoms with van der Waals surface area (Å²) in [7, 11) is 0. The maximum atomic E-state index is 9.36. The van der Waals surface area contributed by atoms with Crippen molar-refractivity contribution in [2.75, 3.05) is 6.61 Å². The van der Waals surface area contributed by atoms with Crippen LogP contribution < -0.4 is 0 Å². The fourth-order valence-corrected chi connectivity index (χ4v) is 1.79. The van der Waals surface area contributed by atoms with Crippen molar-refractivity contribution in [2.24, 2.45) is 4.99 Å². The fraction of sp³-hybridized carbons (Fsp3) is 0.118. The van der Waals surface area contributed by atoms with Crippen LogP contribution in [-0.4, -0.2) is 17.9 Å². The number of aliphatic hydroxyl groups is 1. The van der Waals surface area contributed by atoms with Gasteiger partial charge in [0.15, 0.2) is 0 Å². The number of aliphatic hydroxyl groups excluding tert-OH is 1. The minimum atomic E-state index is -0.193. The Morgan fingerprint density at radius 3 is 2.21 bits per heavy atom. The zero-order valence-electron chi connectivity index (χ0n) is 10.7. The van der Waals surface area contributed by atoms with E-state index >= 15 is 0 Å². The van der Waals surface area contributed by atoms with Gasteiger partial charge in [0, 0.05) is 6.21 Å². The van der Waals surface area contributed by atoms with E-state index in [1.165, 1.54) is 0 Å². The molecule has 0 bridgehead atoms. The molecule has 0 aliphatic rings. The van der Waals surface area contributed by atoms with Crippen molar-refractivity contribution in [1.82, 2.24) is 0 Å². The molecule has 0 unspecified atom stereocenters. The molecule has 2 nitrogen and oxygen atoms in total. The van der Waals surface area contributed by atoms with Gasteiger partial charge in [0.2, 0.25) is 0 Å². The van der Waals surface area contributed by atoms with Crippen LogP contribution in [0.4, 0.5) is 0 Å². The third kappa shape index (κ3) is 4.19. The minimum absolute atomic E-state index is 0.0136. The topological polar surface area (TPSA) is 32.6 Å².